The van der Waals surface area contributed by atoms with E-state index in [4.69, 9.17) is 0 Å². The van der Waals surface area contributed by atoms with Crippen LogP contribution in [0.1, 0.15) is 50.7 Å². The molecule has 1 rings (SSSR count). The van der Waals surface area contributed by atoms with Gasteiger partial charge in [-0.2, -0.15) is 0 Å². The summed E-state index contributed by atoms with van der Waals surface area (Å²) in [4.78, 5) is 0. The van der Waals surface area contributed by atoms with Gasteiger partial charge >= 0.3 is 29.6 Å². The van der Waals surface area contributed by atoms with E-state index in [1.807, 2.05) is 18.2 Å². The van der Waals surface area contributed by atoms with Gasteiger partial charge in [-0.25, -0.2) is 0 Å². The molecule has 14 heavy (non-hydrogen) atoms. The van der Waals surface area contributed by atoms with Crippen molar-refractivity contribution < 1.29 is 34.7 Å². The van der Waals surface area contributed by atoms with Crippen molar-refractivity contribution in [3.8, 4) is 5.75 Å². The average molecular weight is 200 g/mol. The molecule has 0 radical (unpaired) electrons. The molecule has 1 aromatic carbocycles. The second kappa shape index (κ2) is 5.79. The van der Waals surface area contributed by atoms with Gasteiger partial charge in [0.2, 0.25) is 0 Å². The van der Waals surface area contributed by atoms with Crippen LogP contribution in [0.5, 0.6) is 5.75 Å². The summed E-state index contributed by atoms with van der Waals surface area (Å²) in [5, 5.41) is 11.9. The van der Waals surface area contributed by atoms with Crippen molar-refractivity contribution in [1.29, 1.82) is 0 Å². The van der Waals surface area contributed by atoms with Crippen LogP contribution >= 0.6 is 0 Å². The third-order valence-electron chi connectivity index (χ3n) is 2.32. The Labute approximate surface area is 109 Å². The Kier molecular flexibility index (Phi) is 5.80. The van der Waals surface area contributed by atoms with Gasteiger partial charge in [-0.05, 0) is 11.8 Å². The van der Waals surface area contributed by atoms with E-state index in [-0.39, 0.29) is 35.3 Å². The summed E-state index contributed by atoms with van der Waals surface area (Å²) in [6.45, 7) is 8.23. The Morgan fingerprint density at radius 1 is 0.929 bits per heavy atom. The summed E-state index contributed by atoms with van der Waals surface area (Å²) in [5.41, 5.74) is 1.87. The Balaban J connectivity index is 0.00000169. The van der Waals surface area contributed by atoms with E-state index in [0.717, 1.165) is 11.1 Å². The minimum absolute atomic E-state index is 0. The van der Waals surface area contributed by atoms with Gasteiger partial charge in [0, 0.05) is 0 Å². The summed E-state index contributed by atoms with van der Waals surface area (Å²) in [5.74, 6) is 0.880. The molecule has 0 aliphatic heterocycles. The van der Waals surface area contributed by atoms with Crippen LogP contribution in [0, 0.1) is 0 Å². The Morgan fingerprint density at radius 3 is 1.57 bits per heavy atom. The fourth-order valence-electron chi connectivity index (χ4n) is 1.48. The van der Waals surface area contributed by atoms with Crippen molar-refractivity contribution in [2.45, 2.75) is 39.5 Å². The standard InChI is InChI=1S/C12H18O.Na/c1-8(2)10-6-5-7-11(9(3)4)12(10)13;/h5-9,13H,1-4H3;/q;+1/p-1. The van der Waals surface area contributed by atoms with Crippen LogP contribution in [0.4, 0.5) is 0 Å². The molecule has 0 aliphatic rings. The zero-order valence-corrected chi connectivity index (χ0v) is 11.8. The molecule has 0 amide bonds. The summed E-state index contributed by atoms with van der Waals surface area (Å²) in [6.07, 6.45) is 0. The molecule has 0 spiro atoms. The first-order chi connectivity index (χ1) is 6.04. The molecule has 0 atom stereocenters. The maximum Gasteiger partial charge on any atom is 1.00 e. The van der Waals surface area contributed by atoms with E-state index in [0.29, 0.717) is 11.8 Å². The second-order valence-corrected chi connectivity index (χ2v) is 4.07. The first-order valence-electron chi connectivity index (χ1n) is 4.83. The minimum Gasteiger partial charge on any atom is -0.872 e. The van der Waals surface area contributed by atoms with Gasteiger partial charge < -0.3 is 5.11 Å². The Morgan fingerprint density at radius 2 is 1.29 bits per heavy atom. The molecule has 0 bridgehead atoms. The van der Waals surface area contributed by atoms with Crippen LogP contribution in [0.3, 0.4) is 0 Å². The molecule has 0 aromatic heterocycles. The van der Waals surface area contributed by atoms with Gasteiger partial charge in [0.05, 0.1) is 0 Å². The Bertz CT molecular complexity index is 266. The first kappa shape index (κ1) is 14.0. The van der Waals surface area contributed by atoms with Crippen LogP contribution in [-0.2, 0) is 0 Å². The monoisotopic (exact) mass is 200 g/mol. The van der Waals surface area contributed by atoms with Crippen molar-refractivity contribution in [3.63, 3.8) is 0 Å². The topological polar surface area (TPSA) is 23.1 Å². The number of hydrogen-bond acceptors (Lipinski definition) is 1. The molecule has 0 saturated carbocycles. The van der Waals surface area contributed by atoms with Gasteiger partial charge in [-0.15, -0.1) is 5.75 Å². The van der Waals surface area contributed by atoms with Crippen molar-refractivity contribution in [3.05, 3.63) is 29.3 Å². The molecule has 0 saturated heterocycles. The van der Waals surface area contributed by atoms with Crippen molar-refractivity contribution in [2.24, 2.45) is 0 Å². The molecule has 0 unspecified atom stereocenters. The fourth-order valence-corrected chi connectivity index (χ4v) is 1.48. The van der Waals surface area contributed by atoms with E-state index < -0.39 is 0 Å². The van der Waals surface area contributed by atoms with E-state index in [2.05, 4.69) is 27.7 Å². The van der Waals surface area contributed by atoms with Crippen molar-refractivity contribution in [1.82, 2.24) is 0 Å². The second-order valence-electron chi connectivity index (χ2n) is 4.07. The number of hydrogen-bond donors (Lipinski definition) is 0. The molecule has 1 nitrogen and oxygen atoms in total. The zero-order valence-electron chi connectivity index (χ0n) is 9.79. The minimum atomic E-state index is 0. The average Bonchev–Trinajstić information content (AvgIpc) is 2.03. The Hall–Kier alpha value is 0.0200. The first-order valence-corrected chi connectivity index (χ1v) is 4.83. The zero-order chi connectivity index (χ0) is 10.0. The number of rotatable bonds is 2. The molecule has 0 N–H and O–H groups in total. The third-order valence-corrected chi connectivity index (χ3v) is 2.32. The quantitative estimate of drug-likeness (QED) is 0.617. The van der Waals surface area contributed by atoms with Crippen LogP contribution < -0.4 is 34.7 Å². The van der Waals surface area contributed by atoms with Crippen molar-refractivity contribution >= 4 is 0 Å². The maximum absolute atomic E-state index is 11.9. The van der Waals surface area contributed by atoms with Gasteiger partial charge in [0.25, 0.3) is 0 Å². The van der Waals surface area contributed by atoms with E-state index in [1.165, 1.54) is 0 Å². The maximum atomic E-state index is 11.9. The van der Waals surface area contributed by atoms with Gasteiger partial charge in [-0.3, -0.25) is 0 Å². The van der Waals surface area contributed by atoms with E-state index in [1.54, 1.807) is 0 Å². The predicted molar refractivity (Wildman–Crippen MR) is 54.1 cm³/mol. The molecular formula is C12H17NaO. The van der Waals surface area contributed by atoms with E-state index in [9.17, 15) is 5.11 Å². The third kappa shape index (κ3) is 3.01. The SMILES string of the molecule is CC(C)c1cccc(C(C)C)c1[O-].[Na+]. The molecule has 1 aromatic rings. The summed E-state index contributed by atoms with van der Waals surface area (Å²) < 4.78 is 0. The fraction of sp³-hybridized carbons (Fsp3) is 0.500. The molecular weight excluding hydrogens is 183 g/mol. The number of benzene rings is 1. The van der Waals surface area contributed by atoms with Crippen LogP contribution in [0.2, 0.25) is 0 Å². The van der Waals surface area contributed by atoms with Gasteiger partial charge in [0.1, 0.15) is 0 Å². The molecule has 2 heteroatoms. The smallest absolute Gasteiger partial charge is 0.872 e. The molecule has 0 aliphatic carbocycles. The van der Waals surface area contributed by atoms with Gasteiger partial charge in [0.15, 0.2) is 0 Å². The summed E-state index contributed by atoms with van der Waals surface area (Å²) >= 11 is 0. The molecule has 72 valence electrons. The van der Waals surface area contributed by atoms with Crippen LogP contribution in [0.25, 0.3) is 0 Å². The number of para-hydroxylation sites is 1. The largest absolute Gasteiger partial charge is 1.00 e. The summed E-state index contributed by atoms with van der Waals surface area (Å²) in [6, 6.07) is 5.84. The molecule has 0 fully saturated rings. The van der Waals surface area contributed by atoms with Gasteiger partial charge in [-0.1, -0.05) is 57.0 Å². The predicted octanol–water partition coefficient (Wildman–Crippen LogP) is 0.0110. The van der Waals surface area contributed by atoms with Crippen molar-refractivity contribution in [2.75, 3.05) is 0 Å². The summed E-state index contributed by atoms with van der Waals surface area (Å²) in [7, 11) is 0. The molecule has 0 heterocycles. The normalized spacial score (nSPS) is 10.4. The van der Waals surface area contributed by atoms with Crippen LogP contribution in [0.15, 0.2) is 18.2 Å². The van der Waals surface area contributed by atoms with E-state index >= 15 is 0 Å². The van der Waals surface area contributed by atoms with Crippen LogP contribution in [-0.4, -0.2) is 0 Å².